The number of aliphatic hydroxyl groups is 1. The van der Waals surface area contributed by atoms with Gasteiger partial charge in [-0.1, -0.05) is 6.92 Å². The number of nitrogens with zero attached hydrogens (tertiary/aromatic N) is 2. The molecule has 6 nitrogen and oxygen atoms in total. The minimum atomic E-state index is -0.576. The molecule has 1 rings (SSSR count). The highest BCUT2D eigenvalue weighted by Crippen LogP contribution is 2.25. The molecule has 0 fully saturated rings. The number of hydrogen-bond donors (Lipinski definition) is 2. The summed E-state index contributed by atoms with van der Waals surface area (Å²) in [5.74, 6) is -0.226. The lowest BCUT2D eigenvalue weighted by molar-refractivity contribution is -0.388. The van der Waals surface area contributed by atoms with Gasteiger partial charge in [0.15, 0.2) is 0 Å². The van der Waals surface area contributed by atoms with Gasteiger partial charge in [0.05, 0.1) is 12.1 Å². The first-order valence-electron chi connectivity index (χ1n) is 5.01. The van der Waals surface area contributed by atoms with Crippen molar-refractivity contribution in [2.24, 2.45) is 0 Å². The Morgan fingerprint density at radius 3 is 2.88 bits per heavy atom. The predicted octanol–water partition coefficient (Wildman–Crippen LogP) is 1.56. The summed E-state index contributed by atoms with van der Waals surface area (Å²) in [4.78, 5) is 13.9. The Morgan fingerprint density at radius 2 is 2.38 bits per heavy atom. The molecule has 1 atom stereocenters. The molecule has 1 heterocycles. The number of aliphatic hydroxyl groups excluding tert-OH is 1. The standard InChI is InChI=1S/C10H15N3O3/c1-3-10(2,7-14)12-8-5-4-6-11-9(8)13(15)16/h4-6,12,14H,3,7H2,1-2H3. The number of nitrogens with one attached hydrogen (secondary N) is 1. The Balaban J connectivity index is 3.01. The Bertz CT molecular complexity index is 377. The van der Waals surface area contributed by atoms with Gasteiger partial charge in [-0.15, -0.1) is 0 Å². The summed E-state index contributed by atoms with van der Waals surface area (Å²) in [5.41, 5.74) is -0.251. The molecule has 0 aliphatic heterocycles. The third kappa shape index (κ3) is 2.66. The van der Waals surface area contributed by atoms with E-state index in [4.69, 9.17) is 0 Å². The maximum Gasteiger partial charge on any atom is 0.386 e. The molecule has 0 bridgehead atoms. The smallest absolute Gasteiger partial charge is 0.386 e. The van der Waals surface area contributed by atoms with Crippen molar-refractivity contribution in [2.75, 3.05) is 11.9 Å². The molecule has 16 heavy (non-hydrogen) atoms. The fourth-order valence-corrected chi connectivity index (χ4v) is 1.20. The number of rotatable bonds is 5. The van der Waals surface area contributed by atoms with Crippen molar-refractivity contribution in [3.63, 3.8) is 0 Å². The average molecular weight is 225 g/mol. The van der Waals surface area contributed by atoms with Crippen LogP contribution in [0.2, 0.25) is 0 Å². The first-order valence-corrected chi connectivity index (χ1v) is 5.01. The van der Waals surface area contributed by atoms with E-state index in [0.29, 0.717) is 12.1 Å². The van der Waals surface area contributed by atoms with Crippen molar-refractivity contribution < 1.29 is 10.0 Å². The number of pyridine rings is 1. The second-order valence-electron chi connectivity index (χ2n) is 3.83. The van der Waals surface area contributed by atoms with Gasteiger partial charge < -0.3 is 20.5 Å². The Hall–Kier alpha value is -1.69. The molecule has 0 saturated heterocycles. The van der Waals surface area contributed by atoms with Gasteiger partial charge in [-0.3, -0.25) is 0 Å². The summed E-state index contributed by atoms with van der Waals surface area (Å²) in [6.07, 6.45) is 2.01. The molecule has 0 amide bonds. The minimum Gasteiger partial charge on any atom is -0.394 e. The molecule has 0 saturated carbocycles. The molecule has 6 heteroatoms. The van der Waals surface area contributed by atoms with E-state index in [9.17, 15) is 15.2 Å². The van der Waals surface area contributed by atoms with Crippen LogP contribution in [0.3, 0.4) is 0 Å². The van der Waals surface area contributed by atoms with E-state index in [1.54, 1.807) is 19.1 Å². The summed E-state index contributed by atoms with van der Waals surface area (Å²) in [5, 5.41) is 22.9. The van der Waals surface area contributed by atoms with E-state index in [1.165, 1.54) is 6.20 Å². The fraction of sp³-hybridized carbons (Fsp3) is 0.500. The van der Waals surface area contributed by atoms with Crippen LogP contribution in [0.25, 0.3) is 0 Å². The molecule has 88 valence electrons. The molecule has 0 aliphatic carbocycles. The van der Waals surface area contributed by atoms with Crippen molar-refractivity contribution >= 4 is 11.5 Å². The topological polar surface area (TPSA) is 88.3 Å². The third-order valence-electron chi connectivity index (χ3n) is 2.53. The number of hydrogen-bond acceptors (Lipinski definition) is 5. The Morgan fingerprint density at radius 1 is 1.69 bits per heavy atom. The molecule has 2 N–H and O–H groups in total. The third-order valence-corrected chi connectivity index (χ3v) is 2.53. The van der Waals surface area contributed by atoms with Crippen LogP contribution in [0.1, 0.15) is 20.3 Å². The molecule has 1 unspecified atom stereocenters. The molecule has 0 spiro atoms. The number of aromatic nitrogens is 1. The van der Waals surface area contributed by atoms with Crippen molar-refractivity contribution in [1.29, 1.82) is 0 Å². The van der Waals surface area contributed by atoms with E-state index < -0.39 is 10.5 Å². The van der Waals surface area contributed by atoms with Crippen LogP contribution >= 0.6 is 0 Å². The van der Waals surface area contributed by atoms with Gasteiger partial charge in [0.1, 0.15) is 11.9 Å². The molecule has 1 aromatic rings. The van der Waals surface area contributed by atoms with Crippen LogP contribution in [0.4, 0.5) is 11.5 Å². The Labute approximate surface area is 93.5 Å². The molecule has 0 aliphatic rings. The maximum absolute atomic E-state index is 10.7. The van der Waals surface area contributed by atoms with Crippen LogP contribution in [-0.4, -0.2) is 27.2 Å². The summed E-state index contributed by atoms with van der Waals surface area (Å²) in [7, 11) is 0. The second-order valence-corrected chi connectivity index (χ2v) is 3.83. The van der Waals surface area contributed by atoms with Crippen molar-refractivity contribution in [1.82, 2.24) is 4.98 Å². The molecule has 0 radical (unpaired) electrons. The van der Waals surface area contributed by atoms with Gasteiger partial charge in [0.2, 0.25) is 0 Å². The quantitative estimate of drug-likeness (QED) is 0.586. The predicted molar refractivity (Wildman–Crippen MR) is 60.3 cm³/mol. The monoisotopic (exact) mass is 225 g/mol. The SMILES string of the molecule is CCC(C)(CO)Nc1cccnc1[N+](=O)[O-]. The lowest BCUT2D eigenvalue weighted by atomic mass is 10.00. The summed E-state index contributed by atoms with van der Waals surface area (Å²) in [6, 6.07) is 3.19. The first kappa shape index (κ1) is 12.4. The molecular formula is C10H15N3O3. The number of nitro groups is 1. The van der Waals surface area contributed by atoms with Crippen LogP contribution in [-0.2, 0) is 0 Å². The van der Waals surface area contributed by atoms with Crippen LogP contribution in [0, 0.1) is 10.1 Å². The molecule has 1 aromatic heterocycles. The van der Waals surface area contributed by atoms with Crippen molar-refractivity contribution in [3.05, 3.63) is 28.4 Å². The van der Waals surface area contributed by atoms with E-state index in [1.807, 2.05) is 6.92 Å². The van der Waals surface area contributed by atoms with E-state index in [2.05, 4.69) is 10.3 Å². The average Bonchev–Trinajstić information content (AvgIpc) is 2.29. The fourth-order valence-electron chi connectivity index (χ4n) is 1.20. The lowest BCUT2D eigenvalue weighted by Crippen LogP contribution is -2.38. The highest BCUT2D eigenvalue weighted by atomic mass is 16.6. The first-order chi connectivity index (χ1) is 7.52. The van der Waals surface area contributed by atoms with Crippen LogP contribution < -0.4 is 5.32 Å². The van der Waals surface area contributed by atoms with E-state index >= 15 is 0 Å². The lowest BCUT2D eigenvalue weighted by Gasteiger charge is -2.27. The van der Waals surface area contributed by atoms with Gasteiger partial charge >= 0.3 is 5.82 Å². The van der Waals surface area contributed by atoms with Crippen molar-refractivity contribution in [2.45, 2.75) is 25.8 Å². The zero-order chi connectivity index (χ0) is 12.2. The minimum absolute atomic E-state index is 0.102. The van der Waals surface area contributed by atoms with Gasteiger partial charge in [0.25, 0.3) is 0 Å². The van der Waals surface area contributed by atoms with Gasteiger partial charge in [0, 0.05) is 0 Å². The normalized spacial score (nSPS) is 14.2. The molecular weight excluding hydrogens is 210 g/mol. The summed E-state index contributed by atoms with van der Waals surface area (Å²) in [6.45, 7) is 3.59. The van der Waals surface area contributed by atoms with Gasteiger partial charge in [-0.2, -0.15) is 0 Å². The van der Waals surface area contributed by atoms with Crippen LogP contribution in [0.5, 0.6) is 0 Å². The summed E-state index contributed by atoms with van der Waals surface area (Å²) < 4.78 is 0. The highest BCUT2D eigenvalue weighted by molar-refractivity contribution is 5.58. The largest absolute Gasteiger partial charge is 0.394 e. The van der Waals surface area contributed by atoms with Gasteiger partial charge in [-0.05, 0) is 35.4 Å². The zero-order valence-corrected chi connectivity index (χ0v) is 9.30. The Kier molecular flexibility index (Phi) is 3.78. The highest BCUT2D eigenvalue weighted by Gasteiger charge is 2.24. The van der Waals surface area contributed by atoms with Crippen molar-refractivity contribution in [3.8, 4) is 0 Å². The van der Waals surface area contributed by atoms with E-state index in [0.717, 1.165) is 0 Å². The molecule has 0 aromatic carbocycles. The second kappa shape index (κ2) is 4.89. The van der Waals surface area contributed by atoms with Crippen LogP contribution in [0.15, 0.2) is 18.3 Å². The summed E-state index contributed by atoms with van der Waals surface area (Å²) >= 11 is 0. The zero-order valence-electron chi connectivity index (χ0n) is 9.30. The van der Waals surface area contributed by atoms with E-state index in [-0.39, 0.29) is 12.4 Å². The maximum atomic E-state index is 10.7. The van der Waals surface area contributed by atoms with Gasteiger partial charge in [-0.25, -0.2) is 0 Å². The number of anilines is 1.